The van der Waals surface area contributed by atoms with E-state index >= 15 is 0 Å². The van der Waals surface area contributed by atoms with Gasteiger partial charge in [-0.05, 0) is 90.9 Å². The number of nitriles is 1. The molecule has 41 heavy (non-hydrogen) atoms. The van der Waals surface area contributed by atoms with Crippen LogP contribution in [0.15, 0.2) is 34.3 Å². The Morgan fingerprint density at radius 2 is 2.15 bits per heavy atom. The van der Waals surface area contributed by atoms with E-state index in [1.165, 1.54) is 22.9 Å². The van der Waals surface area contributed by atoms with Crippen molar-refractivity contribution in [3.05, 3.63) is 41.2 Å². The smallest absolute Gasteiger partial charge is 0.151 e. The molecule has 3 saturated carbocycles. The molecule has 7 nitrogen and oxygen atoms in total. The molecule has 2 N–H and O–H groups in total. The lowest BCUT2D eigenvalue weighted by molar-refractivity contribution is -0.140. The number of aromatic hydroxyl groups is 1. The number of thioether (sulfide) groups is 1. The van der Waals surface area contributed by atoms with Gasteiger partial charge in [-0.15, -0.1) is 11.3 Å². The highest BCUT2D eigenvalue weighted by atomic mass is 32.2. The number of aliphatic hydroxyl groups is 1. The molecule has 7 unspecified atom stereocenters. The van der Waals surface area contributed by atoms with Crippen LogP contribution in [0.2, 0.25) is 0 Å². The number of hydrogen-bond donors (Lipinski definition) is 2. The summed E-state index contributed by atoms with van der Waals surface area (Å²) in [4.78, 5) is 18.3. The lowest BCUT2D eigenvalue weighted by atomic mass is 9.46. The molecular formula is C32H36N4O3S2. The van der Waals surface area contributed by atoms with Crippen LogP contribution in [-0.4, -0.2) is 42.6 Å². The molecule has 7 atom stereocenters. The summed E-state index contributed by atoms with van der Waals surface area (Å²) in [7, 11) is 0. The number of ketones is 1. The zero-order valence-corrected chi connectivity index (χ0v) is 25.2. The van der Waals surface area contributed by atoms with Crippen LogP contribution >= 0.6 is 23.1 Å². The topological polar surface area (TPSA) is 112 Å². The van der Waals surface area contributed by atoms with Gasteiger partial charge < -0.3 is 10.2 Å². The molecule has 7 rings (SSSR count). The van der Waals surface area contributed by atoms with Crippen LogP contribution in [0.4, 0.5) is 0 Å². The van der Waals surface area contributed by atoms with Gasteiger partial charge in [0.15, 0.2) is 4.34 Å². The minimum absolute atomic E-state index is 0.0323. The van der Waals surface area contributed by atoms with Gasteiger partial charge in [-0.3, -0.25) is 9.48 Å². The number of phenols is 1. The molecule has 3 aromatic rings. The molecule has 0 radical (unpaired) electrons. The van der Waals surface area contributed by atoms with Crippen molar-refractivity contribution in [3.63, 3.8) is 0 Å². The molecule has 1 aromatic carbocycles. The van der Waals surface area contributed by atoms with Crippen LogP contribution in [0.25, 0.3) is 16.3 Å². The van der Waals surface area contributed by atoms with Gasteiger partial charge in [0.05, 0.1) is 53.0 Å². The van der Waals surface area contributed by atoms with Gasteiger partial charge in [-0.25, -0.2) is 4.98 Å². The highest BCUT2D eigenvalue weighted by molar-refractivity contribution is 8.01. The summed E-state index contributed by atoms with van der Waals surface area (Å²) in [5.74, 6) is 1.87. The molecule has 2 aromatic heterocycles. The fourth-order valence-corrected chi connectivity index (χ4v) is 11.3. The summed E-state index contributed by atoms with van der Waals surface area (Å²) in [5.41, 5.74) is 4.24. The molecule has 4 aliphatic rings. The van der Waals surface area contributed by atoms with Crippen molar-refractivity contribution in [1.29, 1.82) is 5.26 Å². The second-order valence-electron chi connectivity index (χ2n) is 13.1. The normalized spacial score (nSPS) is 33.8. The number of hydrogen-bond acceptors (Lipinski definition) is 8. The first-order valence-corrected chi connectivity index (χ1v) is 16.6. The van der Waals surface area contributed by atoms with E-state index in [2.05, 4.69) is 36.1 Å². The number of thiazole rings is 1. The first-order valence-electron chi connectivity index (χ1n) is 14.8. The average molecular weight is 589 g/mol. The zero-order valence-electron chi connectivity index (χ0n) is 23.5. The predicted molar refractivity (Wildman–Crippen MR) is 160 cm³/mol. The van der Waals surface area contributed by atoms with Gasteiger partial charge in [0.2, 0.25) is 0 Å². The van der Waals surface area contributed by atoms with Crippen molar-refractivity contribution < 1.29 is 15.0 Å². The van der Waals surface area contributed by atoms with E-state index in [0.29, 0.717) is 37.0 Å². The van der Waals surface area contributed by atoms with Crippen LogP contribution in [0.3, 0.4) is 0 Å². The van der Waals surface area contributed by atoms with Gasteiger partial charge in [0, 0.05) is 12.0 Å². The van der Waals surface area contributed by atoms with Crippen LogP contribution in [0.1, 0.15) is 63.6 Å². The quantitative estimate of drug-likeness (QED) is 0.328. The summed E-state index contributed by atoms with van der Waals surface area (Å²) in [6.45, 7) is 5.24. The van der Waals surface area contributed by atoms with E-state index in [9.17, 15) is 15.0 Å². The summed E-state index contributed by atoms with van der Waals surface area (Å²) >= 11 is 3.06. The molecular weight excluding hydrogens is 553 g/mol. The third-order valence-electron chi connectivity index (χ3n) is 11.0. The van der Waals surface area contributed by atoms with Crippen molar-refractivity contribution in [2.75, 3.05) is 5.75 Å². The minimum atomic E-state index is -0.442. The Kier molecular flexibility index (Phi) is 6.60. The molecule has 0 amide bonds. The Morgan fingerprint density at radius 3 is 2.98 bits per heavy atom. The molecule has 214 valence electrons. The van der Waals surface area contributed by atoms with E-state index in [0.717, 1.165) is 52.4 Å². The van der Waals surface area contributed by atoms with Crippen molar-refractivity contribution in [2.45, 2.75) is 75.8 Å². The Balaban J connectivity index is 1.09. The molecule has 0 spiro atoms. The minimum Gasteiger partial charge on any atom is -0.508 e. The maximum atomic E-state index is 13.7. The largest absolute Gasteiger partial charge is 0.508 e. The number of phenolic OH excluding ortho intramolecular Hbond substituents is 1. The third kappa shape index (κ3) is 4.28. The number of Topliss-reactive ketones (excluding diaryl/α,β-unsaturated/α-hetero) is 1. The fraction of sp³-hybridized carbons (Fsp3) is 0.562. The van der Waals surface area contributed by atoms with E-state index in [1.807, 2.05) is 16.9 Å². The number of allylic oxidation sites excluding steroid dienone is 1. The molecule has 0 aliphatic heterocycles. The van der Waals surface area contributed by atoms with Gasteiger partial charge >= 0.3 is 0 Å². The highest BCUT2D eigenvalue weighted by Gasteiger charge is 2.63. The summed E-state index contributed by atoms with van der Waals surface area (Å²) in [5, 5.41) is 35.3. The van der Waals surface area contributed by atoms with Gasteiger partial charge in [-0.1, -0.05) is 31.2 Å². The van der Waals surface area contributed by atoms with Crippen LogP contribution in [0.5, 0.6) is 5.75 Å². The Labute approximate surface area is 248 Å². The fourth-order valence-electron chi connectivity index (χ4n) is 9.29. The SMILES string of the molecule is CC12Cc3cnn(CCC#N)c3C=C1CCC1C2C(O)CC2(C)C(C(=O)CSc3nc4cc(O)ccc4s3)CCC12. The average Bonchev–Trinajstić information content (AvgIpc) is 3.62. The number of aliphatic hydroxyl groups excluding tert-OH is 1. The monoisotopic (exact) mass is 588 g/mol. The summed E-state index contributed by atoms with van der Waals surface area (Å²) in [6, 6.07) is 7.43. The van der Waals surface area contributed by atoms with Crippen LogP contribution in [0, 0.1) is 45.8 Å². The lowest BCUT2D eigenvalue weighted by Crippen LogP contribution is -2.57. The van der Waals surface area contributed by atoms with Gasteiger partial charge in [0.1, 0.15) is 11.5 Å². The number of rotatable bonds is 6. The second-order valence-corrected chi connectivity index (χ2v) is 15.3. The van der Waals surface area contributed by atoms with E-state index in [1.54, 1.807) is 23.5 Å². The number of aromatic nitrogens is 3. The van der Waals surface area contributed by atoms with E-state index in [4.69, 9.17) is 5.26 Å². The zero-order chi connectivity index (χ0) is 28.5. The van der Waals surface area contributed by atoms with Crippen molar-refractivity contribution in [3.8, 4) is 11.8 Å². The number of aryl methyl sites for hydroxylation is 1. The first kappa shape index (κ1) is 27.2. The second kappa shape index (κ2) is 9.96. The van der Waals surface area contributed by atoms with E-state index < -0.39 is 6.10 Å². The predicted octanol–water partition coefficient (Wildman–Crippen LogP) is 6.24. The third-order valence-corrected chi connectivity index (χ3v) is 13.2. The molecule has 2 heterocycles. The Hall–Kier alpha value is -2.67. The molecule has 0 bridgehead atoms. The molecule has 0 saturated heterocycles. The van der Waals surface area contributed by atoms with Crippen molar-refractivity contribution >= 4 is 45.2 Å². The maximum Gasteiger partial charge on any atom is 0.151 e. The van der Waals surface area contributed by atoms with Crippen LogP contribution < -0.4 is 0 Å². The lowest BCUT2D eigenvalue weighted by Gasteiger charge is -2.59. The summed E-state index contributed by atoms with van der Waals surface area (Å²) in [6.07, 6.45) is 9.86. The Bertz CT molecular complexity index is 1600. The standard InChI is InChI=1S/C32H36N4O3S2/c1-31-14-18-16-34-36(11-3-10-33)25(18)12-19(31)4-6-21-22-7-8-23(32(22,2)15-26(38)29(21)31)27(39)17-40-30-35-24-13-20(37)5-9-28(24)41-30/h5,9,12-13,16,21-23,26,29,37-38H,3-4,6-8,11,14-15,17H2,1-2H3. The number of fused-ring (bicyclic) bond motifs is 7. The number of nitrogens with zero attached hydrogens (tertiary/aromatic N) is 4. The van der Waals surface area contributed by atoms with Crippen molar-refractivity contribution in [1.82, 2.24) is 14.8 Å². The summed E-state index contributed by atoms with van der Waals surface area (Å²) < 4.78 is 3.83. The maximum absolute atomic E-state index is 13.7. The van der Waals surface area contributed by atoms with Gasteiger partial charge in [-0.2, -0.15) is 10.4 Å². The van der Waals surface area contributed by atoms with Crippen molar-refractivity contribution in [2.24, 2.45) is 34.5 Å². The van der Waals surface area contributed by atoms with Crippen LogP contribution in [-0.2, 0) is 17.8 Å². The van der Waals surface area contributed by atoms with Gasteiger partial charge in [0.25, 0.3) is 0 Å². The molecule has 4 aliphatic carbocycles. The number of carbonyl (C=O) groups excluding carboxylic acids is 1. The Morgan fingerprint density at radius 1 is 1.29 bits per heavy atom. The number of benzene rings is 1. The molecule has 3 fully saturated rings. The molecule has 9 heteroatoms. The number of carbonyl (C=O) groups is 1. The highest BCUT2D eigenvalue weighted by Crippen LogP contribution is 2.66. The first-order chi connectivity index (χ1) is 19.7. The van der Waals surface area contributed by atoms with E-state index in [-0.39, 0.29) is 34.2 Å².